The number of piperazine rings is 1. The van der Waals surface area contributed by atoms with Gasteiger partial charge in [-0.3, -0.25) is 4.98 Å². The minimum Gasteiger partial charge on any atom is -0.314 e. The average molecular weight is 219 g/mol. The molecule has 0 spiro atoms. The number of pyridine rings is 1. The van der Waals surface area contributed by atoms with Crippen LogP contribution in [0.5, 0.6) is 0 Å². The minimum absolute atomic E-state index is 1.11. The van der Waals surface area contributed by atoms with Crippen molar-refractivity contribution in [2.75, 3.05) is 32.7 Å². The quantitative estimate of drug-likeness (QED) is 0.826. The summed E-state index contributed by atoms with van der Waals surface area (Å²) in [6, 6.07) is 2.17. The van der Waals surface area contributed by atoms with E-state index in [1.807, 2.05) is 13.1 Å². The van der Waals surface area contributed by atoms with Crippen LogP contribution in [0.4, 0.5) is 0 Å². The Bertz CT molecular complexity index is 343. The Morgan fingerprint density at radius 2 is 2.06 bits per heavy atom. The first-order chi connectivity index (χ1) is 7.75. The Morgan fingerprint density at radius 1 is 1.31 bits per heavy atom. The van der Waals surface area contributed by atoms with Gasteiger partial charge in [-0.2, -0.15) is 0 Å². The summed E-state index contributed by atoms with van der Waals surface area (Å²) in [7, 11) is 0. The van der Waals surface area contributed by atoms with Gasteiger partial charge in [0.05, 0.1) is 0 Å². The standard InChI is InChI=1S/C13H21N3/c1-11-9-12(2)15-10-13(11)3-6-16-7-4-14-5-8-16/h9-10,14H,3-8H2,1-2H3. The molecule has 1 aliphatic rings. The van der Waals surface area contributed by atoms with Gasteiger partial charge in [0.1, 0.15) is 0 Å². The maximum absolute atomic E-state index is 4.37. The maximum atomic E-state index is 4.37. The van der Waals surface area contributed by atoms with E-state index < -0.39 is 0 Å². The molecular weight excluding hydrogens is 198 g/mol. The third-order valence-corrected chi connectivity index (χ3v) is 3.26. The molecule has 1 N–H and O–H groups in total. The van der Waals surface area contributed by atoms with Crippen LogP contribution in [0.25, 0.3) is 0 Å². The van der Waals surface area contributed by atoms with Gasteiger partial charge in [0.2, 0.25) is 0 Å². The van der Waals surface area contributed by atoms with Gasteiger partial charge >= 0.3 is 0 Å². The fourth-order valence-corrected chi connectivity index (χ4v) is 2.20. The van der Waals surface area contributed by atoms with Gasteiger partial charge in [0.25, 0.3) is 0 Å². The lowest BCUT2D eigenvalue weighted by Gasteiger charge is -2.27. The lowest BCUT2D eigenvalue weighted by Crippen LogP contribution is -2.44. The highest BCUT2D eigenvalue weighted by Gasteiger charge is 2.09. The molecule has 1 aromatic heterocycles. The van der Waals surface area contributed by atoms with E-state index in [0.717, 1.165) is 31.7 Å². The number of nitrogens with one attached hydrogen (secondary N) is 1. The average Bonchev–Trinajstić information content (AvgIpc) is 2.29. The van der Waals surface area contributed by atoms with E-state index in [0.29, 0.717) is 0 Å². The molecule has 16 heavy (non-hydrogen) atoms. The van der Waals surface area contributed by atoms with E-state index in [-0.39, 0.29) is 0 Å². The SMILES string of the molecule is Cc1cc(C)c(CCN2CCNCC2)cn1. The summed E-state index contributed by atoms with van der Waals surface area (Å²) in [5, 5.41) is 3.38. The lowest BCUT2D eigenvalue weighted by atomic mass is 10.1. The highest BCUT2D eigenvalue weighted by atomic mass is 15.2. The van der Waals surface area contributed by atoms with Gasteiger partial charge < -0.3 is 10.2 Å². The first-order valence-corrected chi connectivity index (χ1v) is 6.11. The monoisotopic (exact) mass is 219 g/mol. The van der Waals surface area contributed by atoms with Crippen LogP contribution in [0.15, 0.2) is 12.3 Å². The molecule has 3 nitrogen and oxygen atoms in total. The highest BCUT2D eigenvalue weighted by molar-refractivity contribution is 5.25. The molecule has 0 atom stereocenters. The van der Waals surface area contributed by atoms with Crippen LogP contribution >= 0.6 is 0 Å². The number of hydrogen-bond acceptors (Lipinski definition) is 3. The smallest absolute Gasteiger partial charge is 0.0375 e. The third kappa shape index (κ3) is 3.03. The molecule has 1 aliphatic heterocycles. The summed E-state index contributed by atoms with van der Waals surface area (Å²) in [5.74, 6) is 0. The zero-order valence-corrected chi connectivity index (χ0v) is 10.3. The highest BCUT2D eigenvalue weighted by Crippen LogP contribution is 2.09. The van der Waals surface area contributed by atoms with E-state index in [1.54, 1.807) is 0 Å². The van der Waals surface area contributed by atoms with Crippen LogP contribution in [0, 0.1) is 13.8 Å². The van der Waals surface area contributed by atoms with Gasteiger partial charge in [-0.25, -0.2) is 0 Å². The molecular formula is C13H21N3. The molecule has 2 rings (SSSR count). The summed E-state index contributed by atoms with van der Waals surface area (Å²) in [5.41, 5.74) is 3.88. The van der Waals surface area contributed by atoms with Crippen LogP contribution in [0.1, 0.15) is 16.8 Å². The molecule has 1 fully saturated rings. The molecule has 2 heterocycles. The second-order valence-electron chi connectivity index (χ2n) is 4.59. The van der Waals surface area contributed by atoms with Gasteiger partial charge in [0, 0.05) is 44.6 Å². The predicted octanol–water partition coefficient (Wildman–Crippen LogP) is 1.15. The largest absolute Gasteiger partial charge is 0.314 e. The van der Waals surface area contributed by atoms with Crippen LogP contribution in [0.2, 0.25) is 0 Å². The third-order valence-electron chi connectivity index (χ3n) is 3.26. The maximum Gasteiger partial charge on any atom is 0.0375 e. The molecule has 0 amide bonds. The number of aromatic nitrogens is 1. The fourth-order valence-electron chi connectivity index (χ4n) is 2.20. The van der Waals surface area contributed by atoms with Crippen molar-refractivity contribution < 1.29 is 0 Å². The summed E-state index contributed by atoms with van der Waals surface area (Å²) >= 11 is 0. The molecule has 0 aromatic carbocycles. The Hall–Kier alpha value is -0.930. The van der Waals surface area contributed by atoms with Crippen molar-refractivity contribution in [1.82, 2.24) is 15.2 Å². The summed E-state index contributed by atoms with van der Waals surface area (Å²) in [6.45, 7) is 10.0. The normalized spacial score (nSPS) is 17.6. The number of nitrogens with zero attached hydrogens (tertiary/aromatic N) is 2. The molecule has 3 heteroatoms. The van der Waals surface area contributed by atoms with Crippen molar-refractivity contribution in [3.63, 3.8) is 0 Å². The van der Waals surface area contributed by atoms with Gasteiger partial charge in [0.15, 0.2) is 0 Å². The van der Waals surface area contributed by atoms with E-state index in [4.69, 9.17) is 0 Å². The Morgan fingerprint density at radius 3 is 2.75 bits per heavy atom. The second-order valence-corrected chi connectivity index (χ2v) is 4.59. The lowest BCUT2D eigenvalue weighted by molar-refractivity contribution is 0.243. The van der Waals surface area contributed by atoms with E-state index in [9.17, 15) is 0 Å². The number of rotatable bonds is 3. The van der Waals surface area contributed by atoms with Crippen molar-refractivity contribution in [3.05, 3.63) is 29.1 Å². The minimum atomic E-state index is 1.11. The van der Waals surface area contributed by atoms with Gasteiger partial charge in [-0.15, -0.1) is 0 Å². The Kier molecular flexibility index (Phi) is 3.91. The van der Waals surface area contributed by atoms with Crippen molar-refractivity contribution >= 4 is 0 Å². The van der Waals surface area contributed by atoms with Crippen LogP contribution in [-0.4, -0.2) is 42.6 Å². The summed E-state index contributed by atoms with van der Waals surface area (Å²) in [4.78, 5) is 6.90. The first kappa shape index (κ1) is 11.6. The van der Waals surface area contributed by atoms with Crippen LogP contribution in [0.3, 0.4) is 0 Å². The zero-order chi connectivity index (χ0) is 11.4. The van der Waals surface area contributed by atoms with E-state index in [1.165, 1.54) is 24.2 Å². The molecule has 1 aromatic rings. The molecule has 1 saturated heterocycles. The topological polar surface area (TPSA) is 28.2 Å². The van der Waals surface area contributed by atoms with Crippen LogP contribution in [-0.2, 0) is 6.42 Å². The molecule has 0 bridgehead atoms. The van der Waals surface area contributed by atoms with Crippen LogP contribution < -0.4 is 5.32 Å². The van der Waals surface area contributed by atoms with E-state index >= 15 is 0 Å². The molecule has 0 aliphatic carbocycles. The molecule has 0 radical (unpaired) electrons. The zero-order valence-electron chi connectivity index (χ0n) is 10.3. The molecule has 0 unspecified atom stereocenters. The summed E-state index contributed by atoms with van der Waals surface area (Å²) < 4.78 is 0. The van der Waals surface area contributed by atoms with Crippen molar-refractivity contribution in [2.24, 2.45) is 0 Å². The number of aryl methyl sites for hydroxylation is 2. The fraction of sp³-hybridized carbons (Fsp3) is 0.615. The van der Waals surface area contributed by atoms with E-state index in [2.05, 4.69) is 28.2 Å². The summed E-state index contributed by atoms with van der Waals surface area (Å²) in [6.07, 6.45) is 3.16. The Balaban J connectivity index is 1.88. The first-order valence-electron chi connectivity index (χ1n) is 6.11. The molecule has 88 valence electrons. The van der Waals surface area contributed by atoms with Gasteiger partial charge in [-0.1, -0.05) is 0 Å². The Labute approximate surface area is 97.9 Å². The predicted molar refractivity (Wildman–Crippen MR) is 66.7 cm³/mol. The van der Waals surface area contributed by atoms with Crippen molar-refractivity contribution in [2.45, 2.75) is 20.3 Å². The molecule has 0 saturated carbocycles. The van der Waals surface area contributed by atoms with Crippen molar-refractivity contribution in [1.29, 1.82) is 0 Å². The van der Waals surface area contributed by atoms with Gasteiger partial charge in [-0.05, 0) is 37.5 Å². The number of hydrogen-bond donors (Lipinski definition) is 1. The van der Waals surface area contributed by atoms with Crippen molar-refractivity contribution in [3.8, 4) is 0 Å². The second kappa shape index (κ2) is 5.41.